The average Bonchev–Trinajstić information content (AvgIpc) is 2.92. The average molecular weight is 311 g/mol. The molecule has 0 aliphatic rings. The number of aromatic amines is 1. The quantitative estimate of drug-likeness (QED) is 0.740. The van der Waals surface area contributed by atoms with E-state index >= 15 is 0 Å². The van der Waals surface area contributed by atoms with Gasteiger partial charge in [0.05, 0.1) is 16.5 Å². The molecule has 0 aliphatic heterocycles. The van der Waals surface area contributed by atoms with E-state index in [0.29, 0.717) is 11.1 Å². The fourth-order valence-electron chi connectivity index (χ4n) is 1.61. The third-order valence-electron chi connectivity index (χ3n) is 2.38. The van der Waals surface area contributed by atoms with E-state index in [4.69, 9.17) is 4.42 Å². The van der Waals surface area contributed by atoms with Gasteiger partial charge in [-0.3, -0.25) is 4.98 Å². The van der Waals surface area contributed by atoms with Gasteiger partial charge >= 0.3 is 5.76 Å². The molecule has 0 saturated heterocycles. The number of oxazole rings is 1. The lowest BCUT2D eigenvalue weighted by Gasteiger charge is -1.95. The second-order valence-corrected chi connectivity index (χ2v) is 4.99. The van der Waals surface area contributed by atoms with E-state index in [1.54, 1.807) is 11.3 Å². The second kappa shape index (κ2) is 4.12. The molecule has 1 N–H and O–H groups in total. The van der Waals surface area contributed by atoms with Crippen LogP contribution in [0.2, 0.25) is 0 Å². The molecule has 0 unspecified atom stereocenters. The highest BCUT2D eigenvalue weighted by Gasteiger charge is 2.07. The number of thiazole rings is 1. The predicted octanol–water partition coefficient (Wildman–Crippen LogP) is 3.14. The summed E-state index contributed by atoms with van der Waals surface area (Å²) >= 11 is 4.97. The summed E-state index contributed by atoms with van der Waals surface area (Å²) in [6.45, 7) is 0. The number of hydrogen-bond donors (Lipinski definition) is 1. The Morgan fingerprint density at radius 1 is 1.47 bits per heavy atom. The molecule has 1 aromatic carbocycles. The number of aromatic nitrogens is 2. The smallest absolute Gasteiger partial charge is 0.408 e. The topological polar surface area (TPSA) is 58.9 Å². The summed E-state index contributed by atoms with van der Waals surface area (Å²) in [7, 11) is 0. The molecule has 86 valence electrons. The molecular formula is C11H7BrN2O2S. The molecule has 0 spiro atoms. The highest BCUT2D eigenvalue weighted by atomic mass is 79.9. The number of H-pyrrole nitrogens is 1. The van der Waals surface area contributed by atoms with Gasteiger partial charge in [0.15, 0.2) is 5.58 Å². The summed E-state index contributed by atoms with van der Waals surface area (Å²) in [6, 6.07) is 5.56. The van der Waals surface area contributed by atoms with E-state index in [1.165, 1.54) is 0 Å². The lowest BCUT2D eigenvalue weighted by molar-refractivity contribution is 0.555. The summed E-state index contributed by atoms with van der Waals surface area (Å²) < 4.78 is 5.02. The molecule has 3 rings (SSSR count). The molecular weight excluding hydrogens is 304 g/mol. The number of alkyl halides is 1. The Bertz CT molecular complexity index is 728. The summed E-state index contributed by atoms with van der Waals surface area (Å²) in [5, 5.41) is 3.76. The third kappa shape index (κ3) is 1.94. The van der Waals surface area contributed by atoms with Crippen LogP contribution < -0.4 is 5.76 Å². The molecule has 2 heterocycles. The minimum Gasteiger partial charge on any atom is -0.408 e. The molecule has 0 aliphatic carbocycles. The van der Waals surface area contributed by atoms with Crippen LogP contribution in [-0.4, -0.2) is 9.97 Å². The van der Waals surface area contributed by atoms with Gasteiger partial charge in [0.1, 0.15) is 5.01 Å². The van der Waals surface area contributed by atoms with Gasteiger partial charge in [-0.1, -0.05) is 22.0 Å². The molecule has 0 fully saturated rings. The molecule has 0 radical (unpaired) electrons. The lowest BCUT2D eigenvalue weighted by Crippen LogP contribution is -1.92. The van der Waals surface area contributed by atoms with Crippen molar-refractivity contribution in [2.75, 3.05) is 0 Å². The van der Waals surface area contributed by atoms with E-state index in [-0.39, 0.29) is 0 Å². The molecule has 0 bridgehead atoms. The molecule has 0 saturated carbocycles. The number of benzene rings is 1. The van der Waals surface area contributed by atoms with Crippen LogP contribution in [0.5, 0.6) is 0 Å². The van der Waals surface area contributed by atoms with Crippen molar-refractivity contribution in [3.8, 4) is 11.3 Å². The Balaban J connectivity index is 2.13. The maximum atomic E-state index is 11.0. The second-order valence-electron chi connectivity index (χ2n) is 3.49. The van der Waals surface area contributed by atoms with Crippen molar-refractivity contribution in [3.05, 3.63) is 39.1 Å². The van der Waals surface area contributed by atoms with Crippen molar-refractivity contribution in [2.45, 2.75) is 5.33 Å². The van der Waals surface area contributed by atoms with Gasteiger partial charge in [-0.15, -0.1) is 11.3 Å². The zero-order valence-electron chi connectivity index (χ0n) is 8.57. The van der Waals surface area contributed by atoms with Crippen LogP contribution in [0, 0.1) is 0 Å². The van der Waals surface area contributed by atoms with Crippen molar-refractivity contribution in [2.24, 2.45) is 0 Å². The normalized spacial score (nSPS) is 11.1. The first-order valence-corrected chi connectivity index (χ1v) is 6.90. The van der Waals surface area contributed by atoms with Gasteiger partial charge in [0.25, 0.3) is 0 Å². The Kier molecular flexibility index (Phi) is 2.60. The van der Waals surface area contributed by atoms with Crippen molar-refractivity contribution >= 4 is 38.4 Å². The predicted molar refractivity (Wildman–Crippen MR) is 70.6 cm³/mol. The van der Waals surface area contributed by atoms with Crippen molar-refractivity contribution in [1.82, 2.24) is 9.97 Å². The van der Waals surface area contributed by atoms with Crippen molar-refractivity contribution in [3.63, 3.8) is 0 Å². The van der Waals surface area contributed by atoms with Gasteiger partial charge in [-0.05, 0) is 12.1 Å². The van der Waals surface area contributed by atoms with Crippen molar-refractivity contribution in [1.29, 1.82) is 0 Å². The molecule has 4 nitrogen and oxygen atoms in total. The van der Waals surface area contributed by atoms with Gasteiger partial charge in [0.2, 0.25) is 0 Å². The molecule has 2 aromatic heterocycles. The minimum atomic E-state index is -0.434. The summed E-state index contributed by atoms with van der Waals surface area (Å²) in [5.74, 6) is -0.434. The summed E-state index contributed by atoms with van der Waals surface area (Å²) in [4.78, 5) is 18.1. The summed E-state index contributed by atoms with van der Waals surface area (Å²) in [6.07, 6.45) is 0. The van der Waals surface area contributed by atoms with E-state index in [1.807, 2.05) is 23.6 Å². The van der Waals surface area contributed by atoms with Gasteiger partial charge in [0, 0.05) is 10.9 Å². The Labute approximate surface area is 108 Å². The Morgan fingerprint density at radius 2 is 2.35 bits per heavy atom. The molecule has 0 atom stereocenters. The minimum absolute atomic E-state index is 0.434. The number of rotatable bonds is 2. The van der Waals surface area contributed by atoms with Crippen LogP contribution in [0.3, 0.4) is 0 Å². The first-order chi connectivity index (χ1) is 8.26. The van der Waals surface area contributed by atoms with E-state index in [0.717, 1.165) is 21.6 Å². The first kappa shape index (κ1) is 10.7. The van der Waals surface area contributed by atoms with Crippen LogP contribution in [0.15, 0.2) is 32.8 Å². The van der Waals surface area contributed by atoms with Crippen LogP contribution in [0.1, 0.15) is 5.01 Å². The van der Waals surface area contributed by atoms with E-state index in [2.05, 4.69) is 25.9 Å². The zero-order chi connectivity index (χ0) is 11.8. The van der Waals surface area contributed by atoms with E-state index in [9.17, 15) is 4.79 Å². The maximum Gasteiger partial charge on any atom is 0.417 e. The van der Waals surface area contributed by atoms with Crippen molar-refractivity contribution < 1.29 is 4.42 Å². The van der Waals surface area contributed by atoms with Crippen LogP contribution in [0.25, 0.3) is 22.4 Å². The molecule has 0 amide bonds. The number of hydrogen-bond acceptors (Lipinski definition) is 4. The Hall–Kier alpha value is -1.40. The summed E-state index contributed by atoms with van der Waals surface area (Å²) in [5.41, 5.74) is 3.11. The maximum absolute atomic E-state index is 11.0. The Morgan fingerprint density at radius 3 is 3.12 bits per heavy atom. The van der Waals surface area contributed by atoms with Crippen LogP contribution >= 0.6 is 27.3 Å². The molecule has 17 heavy (non-hydrogen) atoms. The lowest BCUT2D eigenvalue weighted by atomic mass is 10.1. The largest absolute Gasteiger partial charge is 0.417 e. The first-order valence-electron chi connectivity index (χ1n) is 4.90. The van der Waals surface area contributed by atoms with Crippen LogP contribution in [0.4, 0.5) is 0 Å². The van der Waals surface area contributed by atoms with E-state index < -0.39 is 5.76 Å². The highest BCUT2D eigenvalue weighted by Crippen LogP contribution is 2.25. The molecule has 3 aromatic rings. The number of halogens is 1. The monoisotopic (exact) mass is 310 g/mol. The number of nitrogens with zero attached hydrogens (tertiary/aromatic N) is 1. The molecule has 6 heteroatoms. The SMILES string of the molecule is O=c1[nH]c2ccc(-c3csc(CBr)n3)cc2o1. The van der Waals surface area contributed by atoms with Gasteiger partial charge in [-0.25, -0.2) is 9.78 Å². The van der Waals surface area contributed by atoms with Crippen LogP contribution in [-0.2, 0) is 5.33 Å². The van der Waals surface area contributed by atoms with Gasteiger partial charge in [-0.2, -0.15) is 0 Å². The highest BCUT2D eigenvalue weighted by molar-refractivity contribution is 9.08. The number of nitrogens with one attached hydrogen (secondary N) is 1. The fourth-order valence-corrected chi connectivity index (χ4v) is 2.78. The zero-order valence-corrected chi connectivity index (χ0v) is 11.0. The third-order valence-corrected chi connectivity index (χ3v) is 4.13. The standard InChI is InChI=1S/C11H7BrN2O2S/c12-4-10-13-8(5-17-10)6-1-2-7-9(3-6)16-11(15)14-7/h1-3,5H,4H2,(H,14,15). The van der Waals surface area contributed by atoms with Gasteiger partial charge < -0.3 is 4.42 Å². The number of fused-ring (bicyclic) bond motifs is 1. The fraction of sp³-hybridized carbons (Fsp3) is 0.0909.